The Balaban J connectivity index is 2.01. The molecule has 5 nitrogen and oxygen atoms in total. The molecule has 126 valence electrons. The Kier molecular flexibility index (Phi) is 6.21. The standard InChI is InChI=1S/C18H19ClN2O3/c1-12(22)20-15-8-9-17(24-2)16(11-15)21-18(23)10-5-13-3-6-14(19)7-4-13/h3-4,6-9,11H,5,10H2,1-2H3,(H,20,22)(H,21,23). The van der Waals surface area contributed by atoms with E-state index in [0.717, 1.165) is 5.56 Å². The van der Waals surface area contributed by atoms with Gasteiger partial charge >= 0.3 is 0 Å². The van der Waals surface area contributed by atoms with E-state index in [4.69, 9.17) is 16.3 Å². The molecule has 0 aliphatic carbocycles. The molecule has 24 heavy (non-hydrogen) atoms. The summed E-state index contributed by atoms with van der Waals surface area (Å²) in [5.74, 6) is 0.215. The molecule has 0 aliphatic rings. The Labute approximate surface area is 146 Å². The second-order valence-corrected chi connectivity index (χ2v) is 5.71. The summed E-state index contributed by atoms with van der Waals surface area (Å²) in [6.07, 6.45) is 0.936. The van der Waals surface area contributed by atoms with Crippen molar-refractivity contribution in [1.82, 2.24) is 0 Å². The summed E-state index contributed by atoms with van der Waals surface area (Å²) in [6.45, 7) is 1.43. The van der Waals surface area contributed by atoms with Crippen LogP contribution in [0.1, 0.15) is 18.9 Å². The first kappa shape index (κ1) is 17.8. The fourth-order valence-electron chi connectivity index (χ4n) is 2.21. The third-order valence-electron chi connectivity index (χ3n) is 3.35. The number of nitrogens with one attached hydrogen (secondary N) is 2. The molecule has 0 aliphatic heterocycles. The molecule has 0 unspecified atom stereocenters. The number of halogens is 1. The van der Waals surface area contributed by atoms with Crippen molar-refractivity contribution in [3.05, 3.63) is 53.1 Å². The molecular formula is C18H19ClN2O3. The SMILES string of the molecule is COc1ccc(NC(C)=O)cc1NC(=O)CCc1ccc(Cl)cc1. The maximum absolute atomic E-state index is 12.2. The number of amides is 2. The van der Waals surface area contributed by atoms with Gasteiger partial charge in [-0.05, 0) is 42.3 Å². The molecule has 0 fully saturated rings. The Hall–Kier alpha value is -2.53. The van der Waals surface area contributed by atoms with Crippen molar-refractivity contribution in [2.24, 2.45) is 0 Å². The molecule has 0 radical (unpaired) electrons. The second kappa shape index (κ2) is 8.36. The van der Waals surface area contributed by atoms with Gasteiger partial charge in [-0.25, -0.2) is 0 Å². The van der Waals surface area contributed by atoms with Gasteiger partial charge in [-0.3, -0.25) is 9.59 Å². The van der Waals surface area contributed by atoms with Crippen LogP contribution >= 0.6 is 11.6 Å². The minimum absolute atomic E-state index is 0.136. The first-order valence-corrected chi connectivity index (χ1v) is 7.85. The molecule has 2 aromatic rings. The molecule has 0 saturated carbocycles. The number of hydrogen-bond acceptors (Lipinski definition) is 3. The maximum atomic E-state index is 12.2. The highest BCUT2D eigenvalue weighted by molar-refractivity contribution is 6.30. The molecule has 0 bridgehead atoms. The summed E-state index contributed by atoms with van der Waals surface area (Å²) in [7, 11) is 1.52. The smallest absolute Gasteiger partial charge is 0.224 e. The Morgan fingerprint density at radius 2 is 1.79 bits per heavy atom. The van der Waals surface area contributed by atoms with Gasteiger partial charge in [0.2, 0.25) is 11.8 Å². The van der Waals surface area contributed by atoms with Crippen molar-refractivity contribution in [2.45, 2.75) is 19.8 Å². The summed E-state index contributed by atoms with van der Waals surface area (Å²) in [5, 5.41) is 6.16. The first-order valence-electron chi connectivity index (χ1n) is 7.48. The summed E-state index contributed by atoms with van der Waals surface area (Å²) in [6, 6.07) is 12.5. The van der Waals surface area contributed by atoms with Gasteiger partial charge in [0.1, 0.15) is 5.75 Å². The van der Waals surface area contributed by atoms with Crippen LogP contribution in [0.15, 0.2) is 42.5 Å². The van der Waals surface area contributed by atoms with Gasteiger partial charge in [0, 0.05) is 24.1 Å². The lowest BCUT2D eigenvalue weighted by molar-refractivity contribution is -0.116. The lowest BCUT2D eigenvalue weighted by Gasteiger charge is -2.12. The van der Waals surface area contributed by atoms with Gasteiger partial charge < -0.3 is 15.4 Å². The molecule has 0 saturated heterocycles. The summed E-state index contributed by atoms with van der Waals surface area (Å²) in [4.78, 5) is 23.3. The van der Waals surface area contributed by atoms with Crippen LogP contribution in [-0.4, -0.2) is 18.9 Å². The van der Waals surface area contributed by atoms with Crippen molar-refractivity contribution in [2.75, 3.05) is 17.7 Å². The van der Waals surface area contributed by atoms with E-state index in [0.29, 0.717) is 35.0 Å². The maximum Gasteiger partial charge on any atom is 0.224 e. The van der Waals surface area contributed by atoms with Gasteiger partial charge in [0.15, 0.2) is 0 Å². The van der Waals surface area contributed by atoms with Crippen LogP contribution in [0.25, 0.3) is 0 Å². The highest BCUT2D eigenvalue weighted by atomic mass is 35.5. The molecule has 0 atom stereocenters. The zero-order valence-electron chi connectivity index (χ0n) is 13.6. The lowest BCUT2D eigenvalue weighted by atomic mass is 10.1. The highest BCUT2D eigenvalue weighted by Crippen LogP contribution is 2.28. The third kappa shape index (κ3) is 5.28. The second-order valence-electron chi connectivity index (χ2n) is 5.27. The van der Waals surface area contributed by atoms with Crippen molar-refractivity contribution >= 4 is 34.8 Å². The van der Waals surface area contributed by atoms with E-state index in [1.54, 1.807) is 30.3 Å². The number of rotatable bonds is 6. The molecule has 2 rings (SSSR count). The van der Waals surface area contributed by atoms with Crippen molar-refractivity contribution < 1.29 is 14.3 Å². The molecule has 0 aromatic heterocycles. The number of carbonyl (C=O) groups excluding carboxylic acids is 2. The van der Waals surface area contributed by atoms with Gasteiger partial charge in [-0.15, -0.1) is 0 Å². The average molecular weight is 347 g/mol. The zero-order valence-corrected chi connectivity index (χ0v) is 14.3. The molecule has 0 heterocycles. The summed E-state index contributed by atoms with van der Waals surface area (Å²) < 4.78 is 5.24. The Morgan fingerprint density at radius 1 is 1.08 bits per heavy atom. The molecule has 6 heteroatoms. The normalized spacial score (nSPS) is 10.1. The first-order chi connectivity index (χ1) is 11.5. The number of methoxy groups -OCH3 is 1. The van der Waals surface area contributed by atoms with Gasteiger partial charge in [0.25, 0.3) is 0 Å². The van der Waals surface area contributed by atoms with E-state index >= 15 is 0 Å². The number of hydrogen-bond donors (Lipinski definition) is 2. The van der Waals surface area contributed by atoms with E-state index in [1.807, 2.05) is 12.1 Å². The van der Waals surface area contributed by atoms with Gasteiger partial charge in [0.05, 0.1) is 12.8 Å². The number of ether oxygens (including phenoxy) is 1. The van der Waals surface area contributed by atoms with E-state index in [9.17, 15) is 9.59 Å². The minimum atomic E-state index is -0.180. The number of carbonyl (C=O) groups is 2. The van der Waals surface area contributed by atoms with Crippen molar-refractivity contribution in [1.29, 1.82) is 0 Å². The molecule has 2 amide bonds. The lowest BCUT2D eigenvalue weighted by Crippen LogP contribution is -2.14. The highest BCUT2D eigenvalue weighted by Gasteiger charge is 2.09. The van der Waals surface area contributed by atoms with Gasteiger partial charge in [-0.2, -0.15) is 0 Å². The summed E-state index contributed by atoms with van der Waals surface area (Å²) >= 11 is 5.84. The molecular weight excluding hydrogens is 328 g/mol. The van der Waals surface area contributed by atoms with Crippen molar-refractivity contribution in [3.8, 4) is 5.75 Å². The zero-order chi connectivity index (χ0) is 17.5. The van der Waals surface area contributed by atoms with Gasteiger partial charge in [-0.1, -0.05) is 23.7 Å². The van der Waals surface area contributed by atoms with Crippen LogP contribution in [-0.2, 0) is 16.0 Å². The van der Waals surface area contributed by atoms with Crippen LogP contribution < -0.4 is 15.4 Å². The molecule has 2 N–H and O–H groups in total. The van der Waals surface area contributed by atoms with Crippen LogP contribution in [0.2, 0.25) is 5.02 Å². The minimum Gasteiger partial charge on any atom is -0.495 e. The monoisotopic (exact) mass is 346 g/mol. The predicted octanol–water partition coefficient (Wildman–Crippen LogP) is 3.88. The Morgan fingerprint density at radius 3 is 2.42 bits per heavy atom. The van der Waals surface area contributed by atoms with Crippen LogP contribution in [0.5, 0.6) is 5.75 Å². The van der Waals surface area contributed by atoms with E-state index in [1.165, 1.54) is 14.0 Å². The number of benzene rings is 2. The fourth-order valence-corrected chi connectivity index (χ4v) is 2.33. The van der Waals surface area contributed by atoms with Crippen molar-refractivity contribution in [3.63, 3.8) is 0 Å². The quantitative estimate of drug-likeness (QED) is 0.834. The van der Waals surface area contributed by atoms with E-state index in [-0.39, 0.29) is 11.8 Å². The van der Waals surface area contributed by atoms with Crippen LogP contribution in [0, 0.1) is 0 Å². The fraction of sp³-hybridized carbons (Fsp3) is 0.222. The van der Waals surface area contributed by atoms with E-state index in [2.05, 4.69) is 10.6 Å². The third-order valence-corrected chi connectivity index (χ3v) is 3.60. The van der Waals surface area contributed by atoms with E-state index < -0.39 is 0 Å². The average Bonchev–Trinajstić information content (AvgIpc) is 2.54. The molecule has 2 aromatic carbocycles. The molecule has 0 spiro atoms. The van der Waals surface area contributed by atoms with Crippen LogP contribution in [0.4, 0.5) is 11.4 Å². The topological polar surface area (TPSA) is 67.4 Å². The number of anilines is 2. The largest absolute Gasteiger partial charge is 0.495 e. The van der Waals surface area contributed by atoms with Crippen LogP contribution in [0.3, 0.4) is 0 Å². The summed E-state index contributed by atoms with van der Waals surface area (Å²) in [5.41, 5.74) is 2.15. The Bertz CT molecular complexity index is 730. The predicted molar refractivity (Wildman–Crippen MR) is 95.7 cm³/mol. The number of aryl methyl sites for hydroxylation is 1.